The lowest BCUT2D eigenvalue weighted by atomic mass is 10.1. The number of thioether (sulfide) groups is 1. The number of nitrogens with one attached hydrogen (secondary N) is 2. The molecule has 0 spiro atoms. The van der Waals surface area contributed by atoms with Crippen LogP contribution < -0.4 is 11.0 Å². The Morgan fingerprint density at radius 2 is 2.04 bits per heavy atom. The summed E-state index contributed by atoms with van der Waals surface area (Å²) in [5, 5.41) is 11.7. The number of H-pyrrole nitrogens is 1. The molecule has 3 aromatic rings. The normalized spacial score (nSPS) is 12.2. The van der Waals surface area contributed by atoms with E-state index >= 15 is 0 Å². The second-order valence-corrected chi connectivity index (χ2v) is 7.08. The van der Waals surface area contributed by atoms with Crippen molar-refractivity contribution >= 4 is 34.1 Å². The minimum Gasteiger partial charge on any atom is -0.325 e. The number of amides is 1. The van der Waals surface area contributed by atoms with Gasteiger partial charge in [-0.05, 0) is 36.2 Å². The standard InChI is InChI=1S/C18H20N4O2S/c1-3-10-22-17(24)20-21-18(22)25-12(2)16(23)19-15-9-8-13-6-4-5-7-14(13)11-15/h4-9,11-12H,3,10H2,1-2H3,(H,19,23)(H,20,24). The van der Waals surface area contributed by atoms with Gasteiger partial charge < -0.3 is 5.32 Å². The van der Waals surface area contributed by atoms with Crippen LogP contribution in [-0.2, 0) is 11.3 Å². The third kappa shape index (κ3) is 3.93. The molecule has 2 aromatic carbocycles. The Kier molecular flexibility index (Phi) is 5.23. The molecule has 0 fully saturated rings. The van der Waals surface area contributed by atoms with E-state index in [0.717, 1.165) is 22.9 Å². The van der Waals surface area contributed by atoms with Gasteiger partial charge in [-0.15, -0.1) is 5.10 Å². The van der Waals surface area contributed by atoms with E-state index in [9.17, 15) is 9.59 Å². The lowest BCUT2D eigenvalue weighted by molar-refractivity contribution is -0.115. The first kappa shape index (κ1) is 17.3. The summed E-state index contributed by atoms with van der Waals surface area (Å²) in [5.41, 5.74) is 0.510. The highest BCUT2D eigenvalue weighted by Gasteiger charge is 2.19. The second-order valence-electron chi connectivity index (χ2n) is 5.77. The molecule has 130 valence electrons. The number of benzene rings is 2. The molecule has 7 heteroatoms. The Labute approximate surface area is 149 Å². The molecule has 0 bridgehead atoms. The Morgan fingerprint density at radius 3 is 2.80 bits per heavy atom. The fraction of sp³-hybridized carbons (Fsp3) is 0.278. The maximum Gasteiger partial charge on any atom is 0.343 e. The molecule has 0 aliphatic carbocycles. The lowest BCUT2D eigenvalue weighted by Gasteiger charge is -2.12. The molecule has 3 rings (SSSR count). The Morgan fingerprint density at radius 1 is 1.28 bits per heavy atom. The van der Waals surface area contributed by atoms with Gasteiger partial charge in [0.05, 0.1) is 5.25 Å². The van der Waals surface area contributed by atoms with E-state index in [1.165, 1.54) is 11.8 Å². The minimum absolute atomic E-state index is 0.126. The van der Waals surface area contributed by atoms with E-state index in [2.05, 4.69) is 15.5 Å². The van der Waals surface area contributed by atoms with Crippen LogP contribution in [0.25, 0.3) is 10.8 Å². The quantitative estimate of drug-likeness (QED) is 0.665. The number of carbonyl (C=O) groups is 1. The van der Waals surface area contributed by atoms with Crippen molar-refractivity contribution in [3.63, 3.8) is 0 Å². The van der Waals surface area contributed by atoms with Crippen LogP contribution in [0.4, 0.5) is 5.69 Å². The molecule has 1 unspecified atom stereocenters. The fourth-order valence-corrected chi connectivity index (χ4v) is 3.42. The van der Waals surface area contributed by atoms with Gasteiger partial charge in [-0.3, -0.25) is 9.36 Å². The molecule has 0 aliphatic rings. The minimum atomic E-state index is -0.378. The van der Waals surface area contributed by atoms with Crippen LogP contribution in [-0.4, -0.2) is 25.9 Å². The van der Waals surface area contributed by atoms with E-state index in [-0.39, 0.29) is 16.8 Å². The molecule has 1 amide bonds. The van der Waals surface area contributed by atoms with Gasteiger partial charge in [0.15, 0.2) is 5.16 Å². The number of rotatable bonds is 6. The Bertz CT molecular complexity index is 947. The van der Waals surface area contributed by atoms with Crippen molar-refractivity contribution < 1.29 is 4.79 Å². The number of hydrogen-bond acceptors (Lipinski definition) is 4. The van der Waals surface area contributed by atoms with Gasteiger partial charge in [0.25, 0.3) is 0 Å². The third-order valence-electron chi connectivity index (χ3n) is 3.84. The molecule has 1 heterocycles. The van der Waals surface area contributed by atoms with Crippen LogP contribution in [0.15, 0.2) is 52.4 Å². The zero-order valence-electron chi connectivity index (χ0n) is 14.2. The van der Waals surface area contributed by atoms with E-state index in [1.54, 1.807) is 11.5 Å². The number of fused-ring (bicyclic) bond motifs is 1. The zero-order valence-corrected chi connectivity index (χ0v) is 15.0. The van der Waals surface area contributed by atoms with Crippen LogP contribution in [0.5, 0.6) is 0 Å². The molecule has 25 heavy (non-hydrogen) atoms. The van der Waals surface area contributed by atoms with Crippen LogP contribution in [0.1, 0.15) is 20.3 Å². The maximum atomic E-state index is 12.5. The summed E-state index contributed by atoms with van der Waals surface area (Å²) in [5.74, 6) is -0.126. The van der Waals surface area contributed by atoms with Gasteiger partial charge in [-0.25, -0.2) is 9.89 Å². The highest BCUT2D eigenvalue weighted by molar-refractivity contribution is 8.00. The molecule has 1 atom stereocenters. The fourth-order valence-electron chi connectivity index (χ4n) is 2.54. The Balaban J connectivity index is 1.70. The van der Waals surface area contributed by atoms with Crippen molar-refractivity contribution in [2.75, 3.05) is 5.32 Å². The lowest BCUT2D eigenvalue weighted by Crippen LogP contribution is -2.24. The largest absolute Gasteiger partial charge is 0.343 e. The molecular weight excluding hydrogens is 336 g/mol. The van der Waals surface area contributed by atoms with Crippen LogP contribution >= 0.6 is 11.8 Å². The molecule has 0 saturated heterocycles. The van der Waals surface area contributed by atoms with Crippen molar-refractivity contribution in [3.05, 3.63) is 52.9 Å². The van der Waals surface area contributed by atoms with E-state index < -0.39 is 0 Å². The van der Waals surface area contributed by atoms with E-state index in [4.69, 9.17) is 0 Å². The van der Waals surface area contributed by atoms with Gasteiger partial charge in [0.2, 0.25) is 5.91 Å². The number of aromatic nitrogens is 3. The number of carbonyl (C=O) groups excluding carboxylic acids is 1. The molecule has 2 N–H and O–H groups in total. The second kappa shape index (κ2) is 7.57. The molecule has 0 aliphatic heterocycles. The van der Waals surface area contributed by atoms with Gasteiger partial charge in [-0.1, -0.05) is 49.0 Å². The van der Waals surface area contributed by atoms with Crippen molar-refractivity contribution in [3.8, 4) is 0 Å². The highest BCUT2D eigenvalue weighted by Crippen LogP contribution is 2.23. The average molecular weight is 356 g/mol. The highest BCUT2D eigenvalue weighted by atomic mass is 32.2. The van der Waals surface area contributed by atoms with Crippen LogP contribution in [0, 0.1) is 0 Å². The first-order chi connectivity index (χ1) is 12.1. The first-order valence-corrected chi connectivity index (χ1v) is 9.08. The van der Waals surface area contributed by atoms with Gasteiger partial charge in [0.1, 0.15) is 0 Å². The topological polar surface area (TPSA) is 79.8 Å². The smallest absolute Gasteiger partial charge is 0.325 e. The monoisotopic (exact) mass is 356 g/mol. The number of anilines is 1. The SMILES string of the molecule is CCCn1c(SC(C)C(=O)Nc2ccc3ccccc3c2)n[nH]c1=O. The van der Waals surface area contributed by atoms with Crippen LogP contribution in [0.3, 0.4) is 0 Å². The Hall–Kier alpha value is -2.54. The number of nitrogens with zero attached hydrogens (tertiary/aromatic N) is 2. The average Bonchev–Trinajstić information content (AvgIpc) is 2.95. The summed E-state index contributed by atoms with van der Waals surface area (Å²) < 4.78 is 1.56. The summed E-state index contributed by atoms with van der Waals surface area (Å²) in [6.07, 6.45) is 0.824. The number of aromatic amines is 1. The van der Waals surface area contributed by atoms with Crippen molar-refractivity contribution in [1.29, 1.82) is 0 Å². The van der Waals surface area contributed by atoms with Gasteiger partial charge >= 0.3 is 5.69 Å². The van der Waals surface area contributed by atoms with Crippen molar-refractivity contribution in [1.82, 2.24) is 14.8 Å². The predicted molar refractivity (Wildman–Crippen MR) is 101 cm³/mol. The number of hydrogen-bond donors (Lipinski definition) is 2. The maximum absolute atomic E-state index is 12.5. The molecule has 6 nitrogen and oxygen atoms in total. The molecule has 0 radical (unpaired) electrons. The summed E-state index contributed by atoms with van der Waals surface area (Å²) in [6, 6.07) is 13.8. The van der Waals surface area contributed by atoms with E-state index in [0.29, 0.717) is 11.7 Å². The first-order valence-electron chi connectivity index (χ1n) is 8.20. The van der Waals surface area contributed by atoms with Crippen molar-refractivity contribution in [2.24, 2.45) is 0 Å². The van der Waals surface area contributed by atoms with Gasteiger partial charge in [0, 0.05) is 12.2 Å². The molecular formula is C18H20N4O2S. The predicted octanol–water partition coefficient (Wildman–Crippen LogP) is 3.25. The zero-order chi connectivity index (χ0) is 17.8. The van der Waals surface area contributed by atoms with Gasteiger partial charge in [-0.2, -0.15) is 0 Å². The van der Waals surface area contributed by atoms with Crippen LogP contribution in [0.2, 0.25) is 0 Å². The molecule has 0 saturated carbocycles. The summed E-state index contributed by atoms with van der Waals surface area (Å²) >= 11 is 1.27. The van der Waals surface area contributed by atoms with Crippen molar-refractivity contribution in [2.45, 2.75) is 37.2 Å². The molecule has 1 aromatic heterocycles. The third-order valence-corrected chi connectivity index (χ3v) is 4.93. The summed E-state index contributed by atoms with van der Waals surface area (Å²) in [6.45, 7) is 4.37. The summed E-state index contributed by atoms with van der Waals surface area (Å²) in [4.78, 5) is 24.2. The summed E-state index contributed by atoms with van der Waals surface area (Å²) in [7, 11) is 0. The van der Waals surface area contributed by atoms with E-state index in [1.807, 2.05) is 49.4 Å².